The van der Waals surface area contributed by atoms with Gasteiger partial charge in [0.15, 0.2) is 0 Å². The molecule has 2 aromatic heterocycles. The molecular formula is C11H12BrN3OS2. The summed E-state index contributed by atoms with van der Waals surface area (Å²) in [4.78, 5) is 12.7. The number of aryl methyl sites for hydroxylation is 1. The Labute approximate surface area is 122 Å². The number of hydrogen-bond donors (Lipinski definition) is 1. The Morgan fingerprint density at radius 3 is 2.67 bits per heavy atom. The Bertz CT molecular complexity index is 577. The first kappa shape index (κ1) is 13.6. The number of nitrogens with zero attached hydrogens (tertiary/aromatic N) is 2. The number of carbonyl (C=O) groups is 1. The highest BCUT2D eigenvalue weighted by Crippen LogP contribution is 2.29. The molecule has 1 N–H and O–H groups in total. The molecule has 1 amide bonds. The molecule has 18 heavy (non-hydrogen) atoms. The molecule has 2 heterocycles. The average molecular weight is 346 g/mol. The molecule has 0 atom stereocenters. The van der Waals surface area contributed by atoms with Crippen molar-refractivity contribution in [1.29, 1.82) is 0 Å². The molecule has 0 fully saturated rings. The third-order valence-corrected chi connectivity index (χ3v) is 5.78. The Kier molecular flexibility index (Phi) is 4.14. The molecule has 0 radical (unpaired) electrons. The molecule has 0 bridgehead atoms. The van der Waals surface area contributed by atoms with Gasteiger partial charge in [0, 0.05) is 10.4 Å². The SMILES string of the molecule is Cc1csc(C(=O)Nc2nnc(C(C)C)s2)c1Br. The molecule has 0 aliphatic carbocycles. The molecule has 7 heteroatoms. The highest BCUT2D eigenvalue weighted by Gasteiger charge is 2.16. The smallest absolute Gasteiger partial charge is 0.268 e. The first-order valence-electron chi connectivity index (χ1n) is 5.37. The summed E-state index contributed by atoms with van der Waals surface area (Å²) >= 11 is 6.24. The lowest BCUT2D eigenvalue weighted by molar-refractivity contribution is 0.102. The van der Waals surface area contributed by atoms with E-state index < -0.39 is 0 Å². The third-order valence-electron chi connectivity index (χ3n) is 2.26. The van der Waals surface area contributed by atoms with Crippen molar-refractivity contribution in [2.45, 2.75) is 26.7 Å². The van der Waals surface area contributed by atoms with Crippen LogP contribution in [-0.2, 0) is 0 Å². The van der Waals surface area contributed by atoms with Crippen molar-refractivity contribution in [2.75, 3.05) is 5.32 Å². The standard InChI is InChI=1S/C11H12BrN3OS2/c1-5(2)10-14-15-11(18-10)13-9(16)8-7(12)6(3)4-17-8/h4-5H,1-3H3,(H,13,15,16). The Morgan fingerprint density at radius 1 is 1.44 bits per heavy atom. The van der Waals surface area contributed by atoms with E-state index in [4.69, 9.17) is 0 Å². The predicted molar refractivity (Wildman–Crippen MR) is 78.7 cm³/mol. The Hall–Kier alpha value is -0.790. The summed E-state index contributed by atoms with van der Waals surface area (Å²) in [6, 6.07) is 0. The fourth-order valence-electron chi connectivity index (χ4n) is 1.26. The predicted octanol–water partition coefficient (Wildman–Crippen LogP) is 4.05. The monoisotopic (exact) mass is 345 g/mol. The zero-order valence-electron chi connectivity index (χ0n) is 10.2. The lowest BCUT2D eigenvalue weighted by Crippen LogP contribution is -2.10. The van der Waals surface area contributed by atoms with Gasteiger partial charge in [-0.25, -0.2) is 0 Å². The fourth-order valence-corrected chi connectivity index (χ4v) is 3.56. The van der Waals surface area contributed by atoms with Crippen LogP contribution in [0.25, 0.3) is 0 Å². The van der Waals surface area contributed by atoms with E-state index >= 15 is 0 Å². The summed E-state index contributed by atoms with van der Waals surface area (Å²) in [5.74, 6) is 0.176. The number of halogens is 1. The molecule has 0 unspecified atom stereocenters. The largest absolute Gasteiger partial charge is 0.296 e. The van der Waals surface area contributed by atoms with Crippen molar-refractivity contribution < 1.29 is 4.79 Å². The molecule has 0 aromatic carbocycles. The minimum Gasteiger partial charge on any atom is -0.296 e. The number of hydrogen-bond acceptors (Lipinski definition) is 5. The van der Waals surface area contributed by atoms with Crippen molar-refractivity contribution in [1.82, 2.24) is 10.2 Å². The first-order valence-corrected chi connectivity index (χ1v) is 7.86. The minimum atomic E-state index is -0.147. The van der Waals surface area contributed by atoms with Crippen LogP contribution in [0.5, 0.6) is 0 Å². The molecule has 0 saturated carbocycles. The number of anilines is 1. The summed E-state index contributed by atoms with van der Waals surface area (Å²) in [6.45, 7) is 6.05. The van der Waals surface area contributed by atoms with Crippen LogP contribution < -0.4 is 5.32 Å². The van der Waals surface area contributed by atoms with Crippen molar-refractivity contribution in [3.63, 3.8) is 0 Å². The van der Waals surface area contributed by atoms with Crippen LogP contribution in [0.15, 0.2) is 9.85 Å². The van der Waals surface area contributed by atoms with E-state index in [9.17, 15) is 4.79 Å². The first-order chi connectivity index (χ1) is 8.49. The highest BCUT2D eigenvalue weighted by atomic mass is 79.9. The van der Waals surface area contributed by atoms with Crippen molar-refractivity contribution >= 4 is 49.6 Å². The second kappa shape index (κ2) is 5.46. The van der Waals surface area contributed by atoms with Crippen molar-refractivity contribution in [2.24, 2.45) is 0 Å². The summed E-state index contributed by atoms with van der Waals surface area (Å²) < 4.78 is 0.846. The van der Waals surface area contributed by atoms with E-state index in [0.717, 1.165) is 15.0 Å². The number of nitrogens with one attached hydrogen (secondary N) is 1. The summed E-state index contributed by atoms with van der Waals surface area (Å²) in [5.41, 5.74) is 1.06. The molecule has 96 valence electrons. The van der Waals surface area contributed by atoms with Gasteiger partial charge in [0.1, 0.15) is 9.88 Å². The zero-order valence-corrected chi connectivity index (χ0v) is 13.4. The third kappa shape index (κ3) is 2.78. The van der Waals surface area contributed by atoms with Crippen LogP contribution in [0.2, 0.25) is 0 Å². The number of aromatic nitrogens is 2. The van der Waals surface area contributed by atoms with Gasteiger partial charge in [-0.15, -0.1) is 21.5 Å². The molecule has 0 saturated heterocycles. The minimum absolute atomic E-state index is 0.147. The number of thiophene rings is 1. The quantitative estimate of drug-likeness (QED) is 0.912. The lowest BCUT2D eigenvalue weighted by Gasteiger charge is -1.99. The summed E-state index contributed by atoms with van der Waals surface area (Å²) in [5, 5.41) is 14.2. The van der Waals surface area contributed by atoms with Crippen LogP contribution in [0, 0.1) is 6.92 Å². The molecule has 0 aliphatic heterocycles. The number of carbonyl (C=O) groups excluding carboxylic acids is 1. The van der Waals surface area contributed by atoms with E-state index in [1.165, 1.54) is 22.7 Å². The topological polar surface area (TPSA) is 54.9 Å². The van der Waals surface area contributed by atoms with Gasteiger partial charge in [-0.2, -0.15) is 0 Å². The van der Waals surface area contributed by atoms with Crippen LogP contribution >= 0.6 is 38.6 Å². The lowest BCUT2D eigenvalue weighted by atomic mass is 10.2. The second-order valence-corrected chi connectivity index (χ2v) is 6.80. The van der Waals surface area contributed by atoms with Gasteiger partial charge in [0.05, 0.1) is 0 Å². The number of rotatable bonds is 3. The van der Waals surface area contributed by atoms with Gasteiger partial charge >= 0.3 is 0 Å². The van der Waals surface area contributed by atoms with E-state index in [-0.39, 0.29) is 5.91 Å². The van der Waals surface area contributed by atoms with E-state index in [0.29, 0.717) is 15.9 Å². The van der Waals surface area contributed by atoms with Gasteiger partial charge in [-0.05, 0) is 33.8 Å². The Morgan fingerprint density at radius 2 is 2.17 bits per heavy atom. The molecule has 2 rings (SSSR count). The van der Waals surface area contributed by atoms with E-state index in [1.54, 1.807) is 0 Å². The molecule has 0 aliphatic rings. The maximum Gasteiger partial charge on any atom is 0.268 e. The molecular weight excluding hydrogens is 334 g/mol. The van der Waals surface area contributed by atoms with E-state index in [1.807, 2.05) is 26.2 Å². The van der Waals surface area contributed by atoms with E-state index in [2.05, 4.69) is 31.4 Å². The fraction of sp³-hybridized carbons (Fsp3) is 0.364. The summed E-state index contributed by atoms with van der Waals surface area (Å²) in [7, 11) is 0. The van der Waals surface area contributed by atoms with Crippen molar-refractivity contribution in [3.05, 3.63) is 25.3 Å². The molecule has 2 aromatic rings. The van der Waals surface area contributed by atoms with Crippen LogP contribution in [-0.4, -0.2) is 16.1 Å². The molecule has 0 spiro atoms. The van der Waals surface area contributed by atoms with Gasteiger partial charge in [0.25, 0.3) is 5.91 Å². The Balaban J connectivity index is 2.14. The van der Waals surface area contributed by atoms with Gasteiger partial charge in [-0.1, -0.05) is 25.2 Å². The average Bonchev–Trinajstić information content (AvgIpc) is 2.88. The van der Waals surface area contributed by atoms with Crippen molar-refractivity contribution in [3.8, 4) is 0 Å². The number of amides is 1. The normalized spacial score (nSPS) is 10.9. The zero-order chi connectivity index (χ0) is 13.3. The van der Waals surface area contributed by atoms with Crippen LogP contribution in [0.1, 0.15) is 40.0 Å². The molecule has 4 nitrogen and oxygen atoms in total. The van der Waals surface area contributed by atoms with Gasteiger partial charge < -0.3 is 0 Å². The van der Waals surface area contributed by atoms with Gasteiger partial charge in [0.2, 0.25) is 5.13 Å². The van der Waals surface area contributed by atoms with Crippen LogP contribution in [0.3, 0.4) is 0 Å². The highest BCUT2D eigenvalue weighted by molar-refractivity contribution is 9.10. The van der Waals surface area contributed by atoms with Gasteiger partial charge in [-0.3, -0.25) is 10.1 Å². The summed E-state index contributed by atoms with van der Waals surface area (Å²) in [6.07, 6.45) is 0. The maximum atomic E-state index is 12.0. The second-order valence-electron chi connectivity index (χ2n) is 4.12. The van der Waals surface area contributed by atoms with Crippen LogP contribution in [0.4, 0.5) is 5.13 Å². The maximum absolute atomic E-state index is 12.0.